The van der Waals surface area contributed by atoms with Crippen molar-refractivity contribution in [3.05, 3.63) is 66.0 Å². The number of aliphatic hydroxyl groups is 2. The molecule has 1 rings (SSSR count). The maximum absolute atomic E-state index is 9.71. The Balaban J connectivity index is 2.79. The summed E-state index contributed by atoms with van der Waals surface area (Å²) in [7, 11) is 3.07. The lowest BCUT2D eigenvalue weighted by molar-refractivity contribution is 0.0160. The number of hydrogen-bond donors (Lipinski definition) is 2. The number of methoxy groups -OCH3 is 2. The third kappa shape index (κ3) is 8.71. The summed E-state index contributed by atoms with van der Waals surface area (Å²) >= 11 is 0. The summed E-state index contributed by atoms with van der Waals surface area (Å²) in [6, 6.07) is 7.83. The molecule has 30 heavy (non-hydrogen) atoms. The maximum Gasteiger partial charge on any atom is 0.119 e. The van der Waals surface area contributed by atoms with Gasteiger partial charge in [-0.1, -0.05) is 44.2 Å². The van der Waals surface area contributed by atoms with Gasteiger partial charge in [-0.3, -0.25) is 0 Å². The molecule has 0 saturated carbocycles. The van der Waals surface area contributed by atoms with Gasteiger partial charge < -0.3 is 29.2 Å². The van der Waals surface area contributed by atoms with Crippen LogP contribution in [0.4, 0.5) is 0 Å². The molecule has 1 aromatic rings. The molecule has 0 aliphatic rings. The van der Waals surface area contributed by atoms with Crippen LogP contribution >= 0.6 is 0 Å². The minimum atomic E-state index is -0.684. The second-order valence-corrected chi connectivity index (χ2v) is 7.61. The fourth-order valence-electron chi connectivity index (χ4n) is 2.65. The third-order valence-electron chi connectivity index (χ3n) is 4.86. The fourth-order valence-corrected chi connectivity index (χ4v) is 2.65. The van der Waals surface area contributed by atoms with Gasteiger partial charge in [-0.05, 0) is 36.8 Å². The van der Waals surface area contributed by atoms with Gasteiger partial charge in [0.1, 0.15) is 36.9 Å². The molecular weight excluding hydrogens is 384 g/mol. The van der Waals surface area contributed by atoms with Crippen LogP contribution < -0.4 is 4.74 Å². The first kappa shape index (κ1) is 25.9. The average Bonchev–Trinajstić information content (AvgIpc) is 2.72. The predicted molar refractivity (Wildman–Crippen MR) is 119 cm³/mol. The van der Waals surface area contributed by atoms with Crippen molar-refractivity contribution in [1.29, 1.82) is 0 Å². The van der Waals surface area contributed by atoms with Crippen molar-refractivity contribution in [3.8, 4) is 5.75 Å². The number of aliphatic hydroxyl groups excluding tert-OH is 2. The summed E-state index contributed by atoms with van der Waals surface area (Å²) in [6.45, 7) is 10.9. The van der Waals surface area contributed by atoms with E-state index in [2.05, 4.69) is 27.4 Å². The van der Waals surface area contributed by atoms with Gasteiger partial charge in [0, 0.05) is 19.6 Å². The molecule has 0 aliphatic heterocycles. The first-order valence-electron chi connectivity index (χ1n) is 9.96. The van der Waals surface area contributed by atoms with Crippen LogP contribution in [-0.4, -0.2) is 63.1 Å². The SMILES string of the molecule is C=C/C(=C\C=C(/C)C(C)(C)c1ccc(OCC(O)COC)cc1)OCC(O)COC. The zero-order valence-electron chi connectivity index (χ0n) is 18.8. The van der Waals surface area contributed by atoms with E-state index in [4.69, 9.17) is 18.9 Å². The predicted octanol–water partition coefficient (Wildman–Crippen LogP) is 3.39. The number of benzene rings is 1. The molecule has 6 nitrogen and oxygen atoms in total. The Labute approximate surface area is 180 Å². The van der Waals surface area contributed by atoms with Gasteiger partial charge in [-0.25, -0.2) is 0 Å². The molecule has 0 radical (unpaired) electrons. The first-order chi connectivity index (χ1) is 14.2. The first-order valence-corrected chi connectivity index (χ1v) is 9.96. The molecule has 0 aromatic heterocycles. The zero-order valence-corrected chi connectivity index (χ0v) is 18.8. The Morgan fingerprint density at radius 3 is 2.07 bits per heavy atom. The van der Waals surface area contributed by atoms with Crippen molar-refractivity contribution in [2.45, 2.75) is 38.4 Å². The molecule has 0 spiro atoms. The Morgan fingerprint density at radius 1 is 0.967 bits per heavy atom. The molecule has 0 amide bonds. The van der Waals surface area contributed by atoms with Crippen molar-refractivity contribution in [1.82, 2.24) is 0 Å². The molecule has 0 heterocycles. The summed E-state index contributed by atoms with van der Waals surface area (Å²) in [5.74, 6) is 1.28. The summed E-state index contributed by atoms with van der Waals surface area (Å²) in [6.07, 6.45) is 4.11. The van der Waals surface area contributed by atoms with Gasteiger partial charge >= 0.3 is 0 Å². The largest absolute Gasteiger partial charge is 0.491 e. The molecule has 0 bridgehead atoms. The molecule has 2 unspecified atom stereocenters. The van der Waals surface area contributed by atoms with E-state index in [1.807, 2.05) is 36.4 Å². The molecule has 6 heteroatoms. The molecule has 0 saturated heterocycles. The zero-order chi connectivity index (χ0) is 22.6. The summed E-state index contributed by atoms with van der Waals surface area (Å²) in [5, 5.41) is 19.4. The Kier molecular flexibility index (Phi) is 11.4. The minimum Gasteiger partial charge on any atom is -0.491 e. The van der Waals surface area contributed by atoms with Crippen LogP contribution in [0.3, 0.4) is 0 Å². The van der Waals surface area contributed by atoms with Gasteiger partial charge in [0.15, 0.2) is 0 Å². The van der Waals surface area contributed by atoms with E-state index in [9.17, 15) is 10.2 Å². The highest BCUT2D eigenvalue weighted by Crippen LogP contribution is 2.32. The molecular formula is C24H36O6. The second-order valence-electron chi connectivity index (χ2n) is 7.61. The highest BCUT2D eigenvalue weighted by atomic mass is 16.5. The molecule has 1 aromatic carbocycles. The second kappa shape index (κ2) is 13.2. The number of rotatable bonds is 14. The minimum absolute atomic E-state index is 0.141. The van der Waals surface area contributed by atoms with Gasteiger partial charge in [0.25, 0.3) is 0 Å². The van der Waals surface area contributed by atoms with Gasteiger partial charge in [-0.2, -0.15) is 0 Å². The van der Waals surface area contributed by atoms with Crippen LogP contribution in [0.5, 0.6) is 5.75 Å². The third-order valence-corrected chi connectivity index (χ3v) is 4.86. The van der Waals surface area contributed by atoms with E-state index in [0.29, 0.717) is 11.5 Å². The lowest BCUT2D eigenvalue weighted by atomic mass is 9.78. The monoisotopic (exact) mass is 420 g/mol. The van der Waals surface area contributed by atoms with Crippen LogP contribution in [0.15, 0.2) is 60.4 Å². The highest BCUT2D eigenvalue weighted by molar-refractivity contribution is 5.38. The van der Waals surface area contributed by atoms with Crippen LogP contribution in [0.1, 0.15) is 26.3 Å². The van der Waals surface area contributed by atoms with Crippen LogP contribution in [-0.2, 0) is 19.6 Å². The van der Waals surface area contributed by atoms with E-state index < -0.39 is 12.2 Å². The van der Waals surface area contributed by atoms with E-state index in [0.717, 1.165) is 11.1 Å². The number of hydrogen-bond acceptors (Lipinski definition) is 6. The lowest BCUT2D eigenvalue weighted by Gasteiger charge is -2.27. The van der Waals surface area contributed by atoms with Crippen molar-refractivity contribution < 1.29 is 29.2 Å². The summed E-state index contributed by atoms with van der Waals surface area (Å²) in [4.78, 5) is 0. The van der Waals surface area contributed by atoms with Crippen molar-refractivity contribution in [2.75, 3.05) is 40.6 Å². The van der Waals surface area contributed by atoms with Gasteiger partial charge in [0.05, 0.1) is 13.2 Å². The quantitative estimate of drug-likeness (QED) is 0.355. The highest BCUT2D eigenvalue weighted by Gasteiger charge is 2.22. The van der Waals surface area contributed by atoms with E-state index >= 15 is 0 Å². The summed E-state index contributed by atoms with van der Waals surface area (Å²) < 4.78 is 21.0. The number of ether oxygens (including phenoxy) is 4. The Morgan fingerprint density at radius 2 is 1.53 bits per heavy atom. The number of allylic oxidation sites excluding steroid dienone is 4. The smallest absolute Gasteiger partial charge is 0.119 e. The Bertz CT molecular complexity index is 690. The Hall–Kier alpha value is -2.12. The standard InChI is InChI=1S/C24H36O6/c1-7-22(29-16-20(25)14-27-5)11-8-18(2)24(3,4)19-9-12-23(13-10-19)30-17-21(26)15-28-6/h7-13,20-21,25-26H,1,14-17H2,2-6H3/b18-8+,22-11+. The average molecular weight is 421 g/mol. The topological polar surface area (TPSA) is 77.4 Å². The van der Waals surface area contributed by atoms with Crippen molar-refractivity contribution >= 4 is 0 Å². The van der Waals surface area contributed by atoms with Crippen molar-refractivity contribution in [2.24, 2.45) is 0 Å². The summed E-state index contributed by atoms with van der Waals surface area (Å²) in [5.41, 5.74) is 2.05. The van der Waals surface area contributed by atoms with Crippen LogP contribution in [0.2, 0.25) is 0 Å². The normalized spacial score (nSPS) is 14.9. The molecule has 168 valence electrons. The van der Waals surface area contributed by atoms with E-state index in [-0.39, 0.29) is 31.8 Å². The van der Waals surface area contributed by atoms with Gasteiger partial charge in [-0.15, -0.1) is 0 Å². The van der Waals surface area contributed by atoms with E-state index in [1.165, 1.54) is 7.11 Å². The van der Waals surface area contributed by atoms with Crippen molar-refractivity contribution in [3.63, 3.8) is 0 Å². The van der Waals surface area contributed by atoms with Gasteiger partial charge in [0.2, 0.25) is 0 Å². The molecule has 2 atom stereocenters. The van der Waals surface area contributed by atoms with E-state index in [1.54, 1.807) is 13.2 Å². The maximum atomic E-state index is 9.71. The molecule has 0 fully saturated rings. The molecule has 0 aliphatic carbocycles. The lowest BCUT2D eigenvalue weighted by Crippen LogP contribution is -2.22. The molecule has 2 N–H and O–H groups in total. The van der Waals surface area contributed by atoms with Crippen LogP contribution in [0.25, 0.3) is 0 Å². The fraction of sp³-hybridized carbons (Fsp3) is 0.500. The van der Waals surface area contributed by atoms with Crippen LogP contribution in [0, 0.1) is 0 Å².